The summed E-state index contributed by atoms with van der Waals surface area (Å²) in [5.41, 5.74) is 0.451. The van der Waals surface area contributed by atoms with Crippen molar-refractivity contribution in [2.24, 2.45) is 0 Å². The molecule has 5 nitrogen and oxygen atoms in total. The molecule has 1 aromatic heterocycles. The minimum atomic E-state index is -2.72. The molecule has 2 heterocycles. The maximum atomic E-state index is 13.4. The average Bonchev–Trinajstić information content (AvgIpc) is 2.59. The third-order valence-corrected chi connectivity index (χ3v) is 3.56. The van der Waals surface area contributed by atoms with Crippen LogP contribution in [0.1, 0.15) is 40.9 Å². The summed E-state index contributed by atoms with van der Waals surface area (Å²) in [7, 11) is 0. The Balaban J connectivity index is 2.41. The summed E-state index contributed by atoms with van der Waals surface area (Å²) in [5.74, 6) is -3.78. The molecule has 0 atom stereocenters. The molecule has 0 aliphatic carbocycles. The van der Waals surface area contributed by atoms with Crippen molar-refractivity contribution in [1.82, 2.24) is 4.98 Å². The first-order valence-electron chi connectivity index (χ1n) is 6.62. The standard InChI is InChI=1S/C14H15F2N3O2/c1-9-10(8-17)7-11(13(20)21)12(18-9)19-5-2-3-14(15,16)4-6-19/h7H,2-6H2,1H3,(H,20,21). The van der Waals surface area contributed by atoms with E-state index in [9.17, 15) is 18.7 Å². The minimum Gasteiger partial charge on any atom is -0.478 e. The van der Waals surface area contributed by atoms with Gasteiger partial charge in [-0.25, -0.2) is 18.6 Å². The number of halogens is 2. The van der Waals surface area contributed by atoms with Gasteiger partial charge in [-0.1, -0.05) is 0 Å². The fourth-order valence-corrected chi connectivity index (χ4v) is 2.38. The van der Waals surface area contributed by atoms with E-state index in [-0.39, 0.29) is 42.8 Å². The maximum Gasteiger partial charge on any atom is 0.339 e. The van der Waals surface area contributed by atoms with Gasteiger partial charge >= 0.3 is 5.97 Å². The number of nitriles is 1. The fourth-order valence-electron chi connectivity index (χ4n) is 2.38. The van der Waals surface area contributed by atoms with Crippen LogP contribution < -0.4 is 4.90 Å². The third kappa shape index (κ3) is 3.27. The van der Waals surface area contributed by atoms with E-state index < -0.39 is 11.9 Å². The molecule has 1 aromatic rings. The van der Waals surface area contributed by atoms with Crippen molar-refractivity contribution in [3.05, 3.63) is 22.9 Å². The maximum absolute atomic E-state index is 13.4. The first-order valence-corrected chi connectivity index (χ1v) is 6.62. The number of aromatic carboxylic acids is 1. The van der Waals surface area contributed by atoms with Gasteiger partial charge in [0.2, 0.25) is 5.92 Å². The van der Waals surface area contributed by atoms with E-state index in [2.05, 4.69) is 4.98 Å². The number of pyridine rings is 1. The van der Waals surface area contributed by atoms with Crippen molar-refractivity contribution in [2.75, 3.05) is 18.0 Å². The Labute approximate surface area is 120 Å². The zero-order valence-corrected chi connectivity index (χ0v) is 11.6. The van der Waals surface area contributed by atoms with E-state index in [1.807, 2.05) is 6.07 Å². The number of aromatic nitrogens is 1. The molecule has 0 aromatic carbocycles. The molecule has 0 amide bonds. The summed E-state index contributed by atoms with van der Waals surface area (Å²) < 4.78 is 26.8. The zero-order chi connectivity index (χ0) is 15.6. The number of carboxylic acid groups (broad SMARTS) is 1. The molecule has 0 radical (unpaired) electrons. The molecule has 21 heavy (non-hydrogen) atoms. The van der Waals surface area contributed by atoms with Gasteiger partial charge in [0, 0.05) is 25.9 Å². The number of aryl methyl sites for hydroxylation is 1. The predicted molar refractivity (Wildman–Crippen MR) is 71.7 cm³/mol. The summed E-state index contributed by atoms with van der Waals surface area (Å²) in [6.45, 7) is 1.97. The topological polar surface area (TPSA) is 77.2 Å². The highest BCUT2D eigenvalue weighted by Gasteiger charge is 2.33. The van der Waals surface area contributed by atoms with E-state index in [1.54, 1.807) is 11.8 Å². The van der Waals surface area contributed by atoms with Crippen LogP contribution in [0.3, 0.4) is 0 Å². The predicted octanol–water partition coefficient (Wildman–Crippen LogP) is 2.59. The summed E-state index contributed by atoms with van der Waals surface area (Å²) in [4.78, 5) is 17.1. The quantitative estimate of drug-likeness (QED) is 0.907. The molecule has 1 N–H and O–H groups in total. The molecule has 112 valence electrons. The molecule has 1 aliphatic rings. The highest BCUT2D eigenvalue weighted by molar-refractivity contribution is 5.94. The van der Waals surface area contributed by atoms with Crippen molar-refractivity contribution in [1.29, 1.82) is 5.26 Å². The van der Waals surface area contributed by atoms with Crippen molar-refractivity contribution in [3.8, 4) is 6.07 Å². The van der Waals surface area contributed by atoms with Gasteiger partial charge in [0.05, 0.1) is 11.3 Å². The number of nitrogens with zero attached hydrogens (tertiary/aromatic N) is 3. The smallest absolute Gasteiger partial charge is 0.339 e. The van der Waals surface area contributed by atoms with Crippen LogP contribution >= 0.6 is 0 Å². The lowest BCUT2D eigenvalue weighted by Crippen LogP contribution is -2.28. The second-order valence-corrected chi connectivity index (χ2v) is 5.11. The van der Waals surface area contributed by atoms with Gasteiger partial charge in [-0.3, -0.25) is 0 Å². The number of carboxylic acids is 1. The van der Waals surface area contributed by atoms with Crippen LogP contribution in [0.15, 0.2) is 6.07 Å². The summed E-state index contributed by atoms with van der Waals surface area (Å²) in [5, 5.41) is 18.2. The van der Waals surface area contributed by atoms with Crippen molar-refractivity contribution in [3.63, 3.8) is 0 Å². The minimum absolute atomic E-state index is 0.0472. The Kier molecular flexibility index (Phi) is 4.07. The van der Waals surface area contributed by atoms with E-state index in [1.165, 1.54) is 6.07 Å². The molecule has 1 aliphatic heterocycles. The van der Waals surface area contributed by atoms with Gasteiger partial charge in [-0.05, 0) is 19.4 Å². The van der Waals surface area contributed by atoms with Crippen molar-refractivity contribution in [2.45, 2.75) is 32.1 Å². The van der Waals surface area contributed by atoms with E-state index in [4.69, 9.17) is 5.26 Å². The van der Waals surface area contributed by atoms with E-state index in [0.717, 1.165) is 0 Å². The number of rotatable bonds is 2. The molecular formula is C14H15F2N3O2. The van der Waals surface area contributed by atoms with Gasteiger partial charge in [0.15, 0.2) is 0 Å². The van der Waals surface area contributed by atoms with Crippen LogP contribution in [0.25, 0.3) is 0 Å². The first kappa shape index (κ1) is 15.2. The van der Waals surface area contributed by atoms with Crippen LogP contribution in [-0.2, 0) is 0 Å². The largest absolute Gasteiger partial charge is 0.478 e. The second kappa shape index (κ2) is 5.64. The van der Waals surface area contributed by atoms with Crippen molar-refractivity contribution < 1.29 is 18.7 Å². The molecule has 0 unspecified atom stereocenters. The number of anilines is 1. The highest BCUT2D eigenvalue weighted by atomic mass is 19.3. The van der Waals surface area contributed by atoms with Gasteiger partial charge in [0.25, 0.3) is 0 Å². The Bertz CT molecular complexity index is 611. The van der Waals surface area contributed by atoms with Crippen molar-refractivity contribution >= 4 is 11.8 Å². The highest BCUT2D eigenvalue weighted by Crippen LogP contribution is 2.31. The monoisotopic (exact) mass is 295 g/mol. The first-order chi connectivity index (χ1) is 9.84. The van der Waals surface area contributed by atoms with Gasteiger partial charge < -0.3 is 10.0 Å². The number of hydrogen-bond acceptors (Lipinski definition) is 4. The number of alkyl halides is 2. The second-order valence-electron chi connectivity index (χ2n) is 5.11. The van der Waals surface area contributed by atoms with Crippen LogP contribution in [0.4, 0.5) is 14.6 Å². The lowest BCUT2D eigenvalue weighted by atomic mass is 10.1. The molecule has 0 spiro atoms. The lowest BCUT2D eigenvalue weighted by Gasteiger charge is -2.23. The van der Waals surface area contributed by atoms with E-state index >= 15 is 0 Å². The number of carbonyl (C=O) groups is 1. The van der Waals surface area contributed by atoms with Crippen LogP contribution in [-0.4, -0.2) is 35.1 Å². The molecule has 7 heteroatoms. The Morgan fingerprint density at radius 3 is 2.81 bits per heavy atom. The molecule has 0 bridgehead atoms. The van der Waals surface area contributed by atoms with Gasteiger partial charge in [-0.2, -0.15) is 5.26 Å². The van der Waals surface area contributed by atoms with Crippen LogP contribution in [0.2, 0.25) is 0 Å². The lowest BCUT2D eigenvalue weighted by molar-refractivity contribution is -0.0102. The Morgan fingerprint density at radius 1 is 1.48 bits per heavy atom. The van der Waals surface area contributed by atoms with Gasteiger partial charge in [0.1, 0.15) is 17.5 Å². The SMILES string of the molecule is Cc1nc(N2CCCC(F)(F)CC2)c(C(=O)O)cc1C#N. The van der Waals surface area contributed by atoms with Crippen LogP contribution in [0, 0.1) is 18.3 Å². The molecule has 0 saturated carbocycles. The molecule has 2 rings (SSSR count). The average molecular weight is 295 g/mol. The fraction of sp³-hybridized carbons (Fsp3) is 0.500. The van der Waals surface area contributed by atoms with Crippen LogP contribution in [0.5, 0.6) is 0 Å². The Morgan fingerprint density at radius 2 is 2.19 bits per heavy atom. The summed E-state index contributed by atoms with van der Waals surface area (Å²) >= 11 is 0. The summed E-state index contributed by atoms with van der Waals surface area (Å²) in [6.07, 6.45) is -0.263. The molecular weight excluding hydrogens is 280 g/mol. The Hall–Kier alpha value is -2.23. The van der Waals surface area contributed by atoms with E-state index in [0.29, 0.717) is 12.2 Å². The zero-order valence-electron chi connectivity index (χ0n) is 11.6. The molecule has 1 saturated heterocycles. The normalized spacial score (nSPS) is 17.9. The molecule has 1 fully saturated rings. The number of hydrogen-bond donors (Lipinski definition) is 1. The van der Waals surface area contributed by atoms with Gasteiger partial charge in [-0.15, -0.1) is 0 Å². The third-order valence-electron chi connectivity index (χ3n) is 3.56. The summed E-state index contributed by atoms with van der Waals surface area (Å²) in [6, 6.07) is 3.13.